The normalized spacial score (nSPS) is 25.6. The number of rotatable bonds is 9. The van der Waals surface area contributed by atoms with E-state index in [2.05, 4.69) is 17.1 Å². The molecule has 1 saturated carbocycles. The minimum absolute atomic E-state index is 0.0137. The van der Waals surface area contributed by atoms with Crippen LogP contribution in [-0.4, -0.2) is 49.3 Å². The molecule has 1 saturated heterocycles. The third kappa shape index (κ3) is 5.71. The number of carbonyl (C=O) groups excluding carboxylic acids is 1. The lowest BCUT2D eigenvalue weighted by Crippen LogP contribution is -2.48. The van der Waals surface area contributed by atoms with Crippen LogP contribution in [0.25, 0.3) is 0 Å². The van der Waals surface area contributed by atoms with Gasteiger partial charge in [0.1, 0.15) is 11.4 Å². The molecule has 0 unspecified atom stereocenters. The van der Waals surface area contributed by atoms with Gasteiger partial charge in [0, 0.05) is 18.8 Å². The smallest absolute Gasteiger partial charge is 0.256 e. The van der Waals surface area contributed by atoms with Crippen molar-refractivity contribution in [2.24, 2.45) is 5.92 Å². The highest BCUT2D eigenvalue weighted by molar-refractivity contribution is 5.97. The van der Waals surface area contributed by atoms with E-state index < -0.39 is 5.60 Å². The van der Waals surface area contributed by atoms with Gasteiger partial charge in [-0.15, -0.1) is 0 Å². The second-order valence-electron chi connectivity index (χ2n) is 8.36. The molecule has 1 aromatic carbocycles. The zero-order valence-electron chi connectivity index (χ0n) is 17.5. The van der Waals surface area contributed by atoms with Crippen LogP contribution in [0.5, 0.6) is 5.75 Å². The Morgan fingerprint density at radius 2 is 1.96 bits per heavy atom. The second-order valence-corrected chi connectivity index (χ2v) is 8.36. The molecule has 2 atom stereocenters. The molecule has 3 rings (SSSR count). The number of anilines is 1. The van der Waals surface area contributed by atoms with Gasteiger partial charge in [0.05, 0.1) is 6.61 Å². The summed E-state index contributed by atoms with van der Waals surface area (Å²) >= 11 is 0. The molecule has 0 aromatic heterocycles. The molecule has 1 amide bonds. The number of amides is 1. The zero-order valence-corrected chi connectivity index (χ0v) is 17.5. The monoisotopic (exact) mass is 388 g/mol. The summed E-state index contributed by atoms with van der Waals surface area (Å²) in [6.07, 6.45) is 7.52. The molecule has 0 bridgehead atoms. The SMILES string of the molecule is CCO[C@]1(C(=O)Nc2ccc(OCCCN3CCCC3)cc2)CCC[C@@H](C)C1. The summed E-state index contributed by atoms with van der Waals surface area (Å²) in [4.78, 5) is 15.5. The fourth-order valence-corrected chi connectivity index (χ4v) is 4.55. The van der Waals surface area contributed by atoms with Gasteiger partial charge in [0.25, 0.3) is 5.91 Å². The van der Waals surface area contributed by atoms with Crippen LogP contribution >= 0.6 is 0 Å². The van der Waals surface area contributed by atoms with Crippen LogP contribution in [0, 0.1) is 5.92 Å². The topological polar surface area (TPSA) is 50.8 Å². The molecular weight excluding hydrogens is 352 g/mol. The van der Waals surface area contributed by atoms with Gasteiger partial charge in [-0.05, 0) is 88.7 Å². The highest BCUT2D eigenvalue weighted by Crippen LogP contribution is 2.36. The Hall–Kier alpha value is -1.59. The first-order valence-corrected chi connectivity index (χ1v) is 11.0. The summed E-state index contributed by atoms with van der Waals surface area (Å²) in [5.74, 6) is 1.35. The van der Waals surface area contributed by atoms with Crippen molar-refractivity contribution in [3.05, 3.63) is 24.3 Å². The molecule has 156 valence electrons. The molecule has 1 aliphatic heterocycles. The van der Waals surface area contributed by atoms with Crippen LogP contribution in [0.1, 0.15) is 58.8 Å². The maximum Gasteiger partial charge on any atom is 0.256 e. The summed E-state index contributed by atoms with van der Waals surface area (Å²) in [6, 6.07) is 7.70. The number of hydrogen-bond donors (Lipinski definition) is 1. The Kier molecular flexibility index (Phi) is 7.74. The molecule has 2 aliphatic rings. The molecule has 0 radical (unpaired) electrons. The van der Waals surface area contributed by atoms with E-state index >= 15 is 0 Å². The van der Waals surface area contributed by atoms with Gasteiger partial charge in [0.15, 0.2) is 0 Å². The van der Waals surface area contributed by atoms with Crippen LogP contribution in [0.15, 0.2) is 24.3 Å². The third-order valence-electron chi connectivity index (χ3n) is 5.99. The van der Waals surface area contributed by atoms with Crippen molar-refractivity contribution in [2.45, 2.75) is 64.4 Å². The molecule has 5 nitrogen and oxygen atoms in total. The van der Waals surface area contributed by atoms with Crippen molar-refractivity contribution in [3.8, 4) is 5.75 Å². The first-order chi connectivity index (χ1) is 13.6. The van der Waals surface area contributed by atoms with E-state index in [4.69, 9.17) is 9.47 Å². The van der Waals surface area contributed by atoms with E-state index in [1.165, 1.54) is 32.4 Å². The predicted octanol–water partition coefficient (Wildman–Crippen LogP) is 4.48. The fourth-order valence-electron chi connectivity index (χ4n) is 4.55. The van der Waals surface area contributed by atoms with Crippen molar-refractivity contribution in [1.29, 1.82) is 0 Å². The van der Waals surface area contributed by atoms with Crippen molar-refractivity contribution in [3.63, 3.8) is 0 Å². The van der Waals surface area contributed by atoms with Crippen LogP contribution in [0.2, 0.25) is 0 Å². The molecule has 1 aromatic rings. The van der Waals surface area contributed by atoms with Crippen molar-refractivity contribution in [2.75, 3.05) is 38.2 Å². The van der Waals surface area contributed by atoms with Crippen molar-refractivity contribution >= 4 is 11.6 Å². The van der Waals surface area contributed by atoms with E-state index in [1.807, 2.05) is 31.2 Å². The Labute approximate surface area is 169 Å². The number of ether oxygens (including phenoxy) is 2. The first-order valence-electron chi connectivity index (χ1n) is 11.0. The summed E-state index contributed by atoms with van der Waals surface area (Å²) in [5.41, 5.74) is 0.115. The highest BCUT2D eigenvalue weighted by Gasteiger charge is 2.42. The molecule has 1 heterocycles. The maximum atomic E-state index is 13.0. The van der Waals surface area contributed by atoms with Gasteiger partial charge < -0.3 is 19.7 Å². The number of carbonyl (C=O) groups is 1. The first kappa shape index (κ1) is 21.1. The molecular formula is C23H36N2O3. The molecule has 1 aliphatic carbocycles. The van der Waals surface area contributed by atoms with E-state index in [9.17, 15) is 4.79 Å². The summed E-state index contributed by atoms with van der Waals surface area (Å²) in [7, 11) is 0. The number of likely N-dealkylation sites (tertiary alicyclic amines) is 1. The quantitative estimate of drug-likeness (QED) is 0.634. The average molecular weight is 389 g/mol. The van der Waals surface area contributed by atoms with Gasteiger partial charge >= 0.3 is 0 Å². The van der Waals surface area contributed by atoms with Crippen molar-refractivity contribution < 1.29 is 14.3 Å². The maximum absolute atomic E-state index is 13.0. The fraction of sp³-hybridized carbons (Fsp3) is 0.696. The van der Waals surface area contributed by atoms with Crippen LogP contribution in [0.4, 0.5) is 5.69 Å². The van der Waals surface area contributed by atoms with Gasteiger partial charge in [-0.25, -0.2) is 0 Å². The van der Waals surface area contributed by atoms with Crippen LogP contribution in [0.3, 0.4) is 0 Å². The largest absolute Gasteiger partial charge is 0.494 e. The van der Waals surface area contributed by atoms with E-state index in [0.717, 1.165) is 50.3 Å². The molecule has 0 spiro atoms. The molecule has 28 heavy (non-hydrogen) atoms. The summed E-state index contributed by atoms with van der Waals surface area (Å²) < 4.78 is 11.8. The average Bonchev–Trinajstić information content (AvgIpc) is 3.20. The van der Waals surface area contributed by atoms with Gasteiger partial charge in [-0.3, -0.25) is 4.79 Å². The standard InChI is InChI=1S/C23H36N2O3/c1-3-28-23(13-6-8-19(2)18-23)22(26)24-20-9-11-21(12-10-20)27-17-7-16-25-14-4-5-15-25/h9-12,19H,3-8,13-18H2,1-2H3,(H,24,26)/t19-,23-/m1/s1. The number of hydrogen-bond acceptors (Lipinski definition) is 4. The zero-order chi connectivity index (χ0) is 19.8. The van der Waals surface area contributed by atoms with Gasteiger partial charge in [-0.1, -0.05) is 13.3 Å². The third-order valence-corrected chi connectivity index (χ3v) is 5.99. The van der Waals surface area contributed by atoms with E-state index in [0.29, 0.717) is 12.5 Å². The predicted molar refractivity (Wildman–Crippen MR) is 113 cm³/mol. The Morgan fingerprint density at radius 1 is 1.21 bits per heavy atom. The number of nitrogens with one attached hydrogen (secondary N) is 1. The lowest BCUT2D eigenvalue weighted by molar-refractivity contribution is -0.147. The molecule has 2 fully saturated rings. The van der Waals surface area contributed by atoms with E-state index in [-0.39, 0.29) is 5.91 Å². The Balaban J connectivity index is 1.47. The van der Waals surface area contributed by atoms with Gasteiger partial charge in [0.2, 0.25) is 0 Å². The minimum Gasteiger partial charge on any atom is -0.494 e. The minimum atomic E-state index is -0.683. The highest BCUT2D eigenvalue weighted by atomic mass is 16.5. The number of benzene rings is 1. The van der Waals surface area contributed by atoms with Crippen molar-refractivity contribution in [1.82, 2.24) is 4.90 Å². The van der Waals surface area contributed by atoms with Crippen LogP contribution < -0.4 is 10.1 Å². The van der Waals surface area contributed by atoms with Crippen LogP contribution in [-0.2, 0) is 9.53 Å². The second kappa shape index (κ2) is 10.3. The Bertz CT molecular complexity index is 609. The lowest BCUT2D eigenvalue weighted by atomic mass is 9.78. The molecule has 1 N–H and O–H groups in total. The molecule has 5 heteroatoms. The number of nitrogens with zero attached hydrogens (tertiary/aromatic N) is 1. The lowest BCUT2D eigenvalue weighted by Gasteiger charge is -2.38. The van der Waals surface area contributed by atoms with E-state index in [1.54, 1.807) is 0 Å². The van der Waals surface area contributed by atoms with Gasteiger partial charge in [-0.2, -0.15) is 0 Å². The Morgan fingerprint density at radius 3 is 2.64 bits per heavy atom. The summed E-state index contributed by atoms with van der Waals surface area (Å²) in [6.45, 7) is 9.04. The summed E-state index contributed by atoms with van der Waals surface area (Å²) in [5, 5.41) is 3.06.